The molecule has 0 fully saturated rings. The average Bonchev–Trinajstić information content (AvgIpc) is 3.31. The Morgan fingerprint density at radius 3 is 2.61 bits per heavy atom. The molecule has 1 aromatic heterocycles. The molecule has 0 aliphatic carbocycles. The van der Waals surface area contributed by atoms with Crippen molar-refractivity contribution in [3.63, 3.8) is 0 Å². The van der Waals surface area contributed by atoms with Crippen LogP contribution in [0, 0.1) is 0 Å². The molecule has 10 heteroatoms. The molecule has 0 atom stereocenters. The summed E-state index contributed by atoms with van der Waals surface area (Å²) in [7, 11) is -3.76. The molecule has 160 valence electrons. The van der Waals surface area contributed by atoms with Crippen molar-refractivity contribution < 1.29 is 17.9 Å². The van der Waals surface area contributed by atoms with Crippen molar-refractivity contribution in [3.05, 3.63) is 90.1 Å². The Hall–Kier alpha value is -3.63. The first-order valence-corrected chi connectivity index (χ1v) is 11.0. The molecule has 1 aliphatic rings. The molecule has 0 saturated heterocycles. The molecule has 2 heterocycles. The van der Waals surface area contributed by atoms with Gasteiger partial charge in [0.1, 0.15) is 12.1 Å². The maximum atomic E-state index is 11.6. The summed E-state index contributed by atoms with van der Waals surface area (Å²) in [5.74, 6) is 1.56. The minimum Gasteiger partial charge on any atom is -0.459 e. The number of nitrogens with one attached hydrogen (secondary N) is 1. The Morgan fingerprint density at radius 1 is 1.06 bits per heavy atom. The maximum Gasteiger partial charge on any atom is 0.238 e. The van der Waals surface area contributed by atoms with E-state index in [-0.39, 0.29) is 11.7 Å². The minimum absolute atomic E-state index is 0.0563. The monoisotopic (exact) mass is 439 g/mol. The molecule has 3 aromatic rings. The van der Waals surface area contributed by atoms with Gasteiger partial charge in [-0.25, -0.2) is 18.5 Å². The highest BCUT2D eigenvalue weighted by atomic mass is 32.2. The fourth-order valence-corrected chi connectivity index (χ4v) is 3.60. The second-order valence-electron chi connectivity index (χ2n) is 6.74. The van der Waals surface area contributed by atoms with Crippen molar-refractivity contribution in [2.24, 2.45) is 5.14 Å². The summed E-state index contributed by atoms with van der Waals surface area (Å²) in [4.78, 5) is 10.8. The lowest BCUT2D eigenvalue weighted by atomic mass is 10.2. The number of benzene rings is 2. The topological polar surface area (TPSA) is 120 Å². The molecule has 4 rings (SSSR count). The number of anilines is 2. The first-order valence-electron chi connectivity index (χ1n) is 9.44. The Labute approximate surface area is 180 Å². The van der Waals surface area contributed by atoms with Crippen molar-refractivity contribution in [1.82, 2.24) is 9.97 Å². The normalized spacial score (nSPS) is 13.1. The minimum atomic E-state index is -3.76. The van der Waals surface area contributed by atoms with Gasteiger partial charge in [0.15, 0.2) is 0 Å². The van der Waals surface area contributed by atoms with Crippen molar-refractivity contribution in [3.8, 4) is 0 Å². The smallest absolute Gasteiger partial charge is 0.238 e. The number of rotatable bonds is 8. The lowest BCUT2D eigenvalue weighted by molar-refractivity contribution is 0.0781. The molecule has 0 radical (unpaired) electrons. The van der Waals surface area contributed by atoms with Crippen LogP contribution in [-0.2, 0) is 32.6 Å². The summed E-state index contributed by atoms with van der Waals surface area (Å²) in [5.41, 5.74) is 1.81. The van der Waals surface area contributed by atoms with Gasteiger partial charge in [-0.2, -0.15) is 4.98 Å². The highest BCUT2D eigenvalue weighted by Crippen LogP contribution is 2.24. The number of hydrogen-bond acceptors (Lipinski definition) is 8. The van der Waals surface area contributed by atoms with Gasteiger partial charge in [0.05, 0.1) is 11.4 Å². The highest BCUT2D eigenvalue weighted by molar-refractivity contribution is 7.89. The molecule has 1 aliphatic heterocycles. The van der Waals surface area contributed by atoms with Crippen LogP contribution in [0.5, 0.6) is 0 Å². The summed E-state index contributed by atoms with van der Waals surface area (Å²) in [6.07, 6.45) is 3.19. The van der Waals surface area contributed by atoms with Gasteiger partial charge in [0, 0.05) is 12.7 Å². The number of nitrogens with zero attached hydrogens (tertiary/aromatic N) is 3. The van der Waals surface area contributed by atoms with Crippen molar-refractivity contribution in [2.45, 2.75) is 18.0 Å². The Kier molecular flexibility index (Phi) is 6.01. The van der Waals surface area contributed by atoms with Crippen LogP contribution in [0.1, 0.15) is 11.1 Å². The lowest BCUT2D eigenvalue weighted by Gasteiger charge is -2.23. The zero-order valence-corrected chi connectivity index (χ0v) is 17.3. The standard InChI is InChI=1S/C21H21N5O4S/c22-31(27,28)18-8-4-7-17(11-18)12-24-21-23-10-9-19(25-21)26(20-14-29-15-30-20)13-16-5-2-1-3-6-16/h1-11,14H,12-13,15H2,(H2,22,27,28)(H,23,24,25). The number of primary sulfonamides is 1. The summed E-state index contributed by atoms with van der Waals surface area (Å²) in [6.45, 7) is 1.01. The third-order valence-corrected chi connectivity index (χ3v) is 5.41. The zero-order valence-electron chi connectivity index (χ0n) is 16.5. The fourth-order valence-electron chi connectivity index (χ4n) is 3.01. The molecule has 2 aromatic carbocycles. The first kappa shape index (κ1) is 20.6. The third kappa shape index (κ3) is 5.30. The van der Waals surface area contributed by atoms with Gasteiger partial charge in [0.25, 0.3) is 0 Å². The van der Waals surface area contributed by atoms with E-state index in [0.29, 0.717) is 30.7 Å². The van der Waals surface area contributed by atoms with E-state index in [9.17, 15) is 8.42 Å². The predicted molar refractivity (Wildman–Crippen MR) is 115 cm³/mol. The molecule has 0 saturated carbocycles. The van der Waals surface area contributed by atoms with Crippen LogP contribution >= 0.6 is 0 Å². The van der Waals surface area contributed by atoms with Gasteiger partial charge in [-0.05, 0) is 29.3 Å². The van der Waals surface area contributed by atoms with E-state index in [1.165, 1.54) is 12.1 Å². The maximum absolute atomic E-state index is 11.6. The highest BCUT2D eigenvalue weighted by Gasteiger charge is 2.20. The van der Waals surface area contributed by atoms with Crippen LogP contribution in [-0.4, -0.2) is 25.2 Å². The molecule has 9 nitrogen and oxygen atoms in total. The summed E-state index contributed by atoms with van der Waals surface area (Å²) in [5, 5.41) is 8.32. The average molecular weight is 439 g/mol. The van der Waals surface area contributed by atoms with Crippen LogP contribution in [0.3, 0.4) is 0 Å². The van der Waals surface area contributed by atoms with Crippen molar-refractivity contribution in [1.29, 1.82) is 0 Å². The van der Waals surface area contributed by atoms with Gasteiger partial charge in [-0.1, -0.05) is 42.5 Å². The molecule has 0 amide bonds. The van der Waals surface area contributed by atoms with Crippen molar-refractivity contribution >= 4 is 21.8 Å². The molecule has 0 bridgehead atoms. The number of aromatic nitrogens is 2. The van der Waals surface area contributed by atoms with E-state index in [2.05, 4.69) is 15.3 Å². The first-order chi connectivity index (χ1) is 15.0. The van der Waals surface area contributed by atoms with Gasteiger partial charge >= 0.3 is 0 Å². The summed E-state index contributed by atoms with van der Waals surface area (Å²) >= 11 is 0. The quantitative estimate of drug-likeness (QED) is 0.550. The Balaban J connectivity index is 1.53. The number of nitrogens with two attached hydrogens (primary N) is 1. The second kappa shape index (κ2) is 9.02. The van der Waals surface area contributed by atoms with Crippen molar-refractivity contribution in [2.75, 3.05) is 17.0 Å². The molecule has 3 N–H and O–H groups in total. The van der Waals surface area contributed by atoms with Gasteiger partial charge in [-0.3, -0.25) is 4.90 Å². The molecule has 0 unspecified atom stereocenters. The second-order valence-corrected chi connectivity index (χ2v) is 8.30. The van der Waals surface area contributed by atoms with Gasteiger partial charge in [-0.15, -0.1) is 0 Å². The van der Waals surface area contributed by atoms with Crippen LogP contribution < -0.4 is 15.4 Å². The van der Waals surface area contributed by atoms with E-state index in [0.717, 1.165) is 11.1 Å². The molecular weight excluding hydrogens is 418 g/mol. The van der Waals surface area contributed by atoms with Gasteiger partial charge in [0.2, 0.25) is 28.6 Å². The number of ether oxygens (including phenoxy) is 2. The molecule has 0 spiro atoms. The van der Waals surface area contributed by atoms with E-state index in [1.54, 1.807) is 30.7 Å². The van der Waals surface area contributed by atoms with E-state index < -0.39 is 10.0 Å². The van der Waals surface area contributed by atoms with Crippen LogP contribution in [0.15, 0.2) is 83.9 Å². The van der Waals surface area contributed by atoms with Crippen LogP contribution in [0.4, 0.5) is 11.8 Å². The number of sulfonamides is 1. The lowest BCUT2D eigenvalue weighted by Crippen LogP contribution is -2.24. The van der Waals surface area contributed by atoms with E-state index in [4.69, 9.17) is 14.6 Å². The Morgan fingerprint density at radius 2 is 1.87 bits per heavy atom. The fraction of sp³-hybridized carbons (Fsp3) is 0.143. The van der Waals surface area contributed by atoms with Gasteiger partial charge < -0.3 is 14.8 Å². The SMILES string of the molecule is NS(=O)(=O)c1cccc(CNc2nccc(N(Cc3ccccc3)C3=COCO3)n2)c1. The largest absolute Gasteiger partial charge is 0.459 e. The van der Waals surface area contributed by atoms with E-state index in [1.807, 2.05) is 35.2 Å². The Bertz CT molecular complexity index is 1190. The van der Waals surface area contributed by atoms with Crippen LogP contribution in [0.2, 0.25) is 0 Å². The predicted octanol–water partition coefficient (Wildman–Crippen LogP) is 2.55. The molecule has 31 heavy (non-hydrogen) atoms. The number of hydrogen-bond donors (Lipinski definition) is 2. The summed E-state index contributed by atoms with van der Waals surface area (Å²) in [6, 6.07) is 18.1. The van der Waals surface area contributed by atoms with E-state index >= 15 is 0 Å². The zero-order chi connectivity index (χ0) is 21.7. The molecular formula is C21H21N5O4S. The third-order valence-electron chi connectivity index (χ3n) is 4.50. The summed E-state index contributed by atoms with van der Waals surface area (Å²) < 4.78 is 33.9. The van der Waals surface area contributed by atoms with Crippen LogP contribution in [0.25, 0.3) is 0 Å².